The van der Waals surface area contributed by atoms with E-state index in [1.54, 1.807) is 0 Å². The number of aryl methyl sites for hydroxylation is 1. The van der Waals surface area contributed by atoms with Crippen molar-refractivity contribution in [2.45, 2.75) is 65.3 Å². The minimum Gasteiger partial charge on any atom is -0.353 e. The van der Waals surface area contributed by atoms with Crippen molar-refractivity contribution in [3.05, 3.63) is 47.3 Å². The Morgan fingerprint density at radius 3 is 2.48 bits per heavy atom. The van der Waals surface area contributed by atoms with Gasteiger partial charge in [0.2, 0.25) is 5.91 Å². The summed E-state index contributed by atoms with van der Waals surface area (Å²) in [4.78, 5) is 12.5. The summed E-state index contributed by atoms with van der Waals surface area (Å²) in [6, 6.07) is 10.4. The van der Waals surface area contributed by atoms with E-state index in [-0.39, 0.29) is 5.91 Å². The van der Waals surface area contributed by atoms with Crippen molar-refractivity contribution in [2.24, 2.45) is 5.92 Å². The van der Waals surface area contributed by atoms with Gasteiger partial charge in [0.25, 0.3) is 0 Å². The van der Waals surface area contributed by atoms with E-state index in [2.05, 4.69) is 17.3 Å². The van der Waals surface area contributed by atoms with Crippen LogP contribution in [0.2, 0.25) is 0 Å². The number of rotatable bonds is 5. The van der Waals surface area contributed by atoms with Gasteiger partial charge in [-0.05, 0) is 57.6 Å². The summed E-state index contributed by atoms with van der Waals surface area (Å²) in [7, 11) is 0. The van der Waals surface area contributed by atoms with Crippen LogP contribution < -0.4 is 5.32 Å². The fraction of sp³-hybridized carbons (Fsp3) is 0.524. The fourth-order valence-corrected chi connectivity index (χ4v) is 3.91. The molecule has 0 aliphatic heterocycles. The number of carbonyl (C=O) groups excluding carboxylic acids is 1. The van der Waals surface area contributed by atoms with Crippen LogP contribution in [0.3, 0.4) is 0 Å². The topological polar surface area (TPSA) is 46.9 Å². The SMILES string of the molecule is CCC1CCC(NC(=O)Cc2c(C)nn(-c3ccccc3)c2C)CC1. The van der Waals surface area contributed by atoms with Gasteiger partial charge in [-0.15, -0.1) is 0 Å². The maximum absolute atomic E-state index is 12.5. The van der Waals surface area contributed by atoms with Crippen LogP contribution in [-0.2, 0) is 11.2 Å². The van der Waals surface area contributed by atoms with Crippen molar-refractivity contribution < 1.29 is 4.79 Å². The average Bonchev–Trinajstić information content (AvgIpc) is 2.91. The average molecular weight is 339 g/mol. The number of hydrogen-bond acceptors (Lipinski definition) is 2. The lowest BCUT2D eigenvalue weighted by Crippen LogP contribution is -2.38. The molecule has 1 aromatic carbocycles. The number of carbonyl (C=O) groups is 1. The van der Waals surface area contributed by atoms with Gasteiger partial charge in [0.1, 0.15) is 0 Å². The first-order valence-electron chi connectivity index (χ1n) is 9.48. The highest BCUT2D eigenvalue weighted by atomic mass is 16.1. The highest BCUT2D eigenvalue weighted by Gasteiger charge is 2.22. The third kappa shape index (κ3) is 4.12. The highest BCUT2D eigenvalue weighted by molar-refractivity contribution is 5.79. The summed E-state index contributed by atoms with van der Waals surface area (Å²) in [5, 5.41) is 7.88. The maximum atomic E-state index is 12.5. The number of amides is 1. The second-order valence-electron chi connectivity index (χ2n) is 7.27. The Hall–Kier alpha value is -2.10. The second-order valence-corrected chi connectivity index (χ2v) is 7.27. The molecule has 4 heteroatoms. The summed E-state index contributed by atoms with van der Waals surface area (Å²) in [5.41, 5.74) is 4.07. The number of benzene rings is 1. The molecule has 1 heterocycles. The standard InChI is InChI=1S/C21H29N3O/c1-4-17-10-12-18(13-11-17)22-21(25)14-20-15(2)23-24(16(20)3)19-8-6-5-7-9-19/h5-9,17-18H,4,10-14H2,1-3H3,(H,22,25). The molecule has 3 rings (SSSR count). The van der Waals surface area contributed by atoms with E-state index < -0.39 is 0 Å². The van der Waals surface area contributed by atoms with Gasteiger partial charge in [-0.1, -0.05) is 31.5 Å². The summed E-state index contributed by atoms with van der Waals surface area (Å²) in [5.74, 6) is 0.973. The van der Waals surface area contributed by atoms with Crippen molar-refractivity contribution in [3.63, 3.8) is 0 Å². The summed E-state index contributed by atoms with van der Waals surface area (Å²) < 4.78 is 1.93. The van der Waals surface area contributed by atoms with E-state index in [1.807, 2.05) is 48.9 Å². The number of hydrogen-bond donors (Lipinski definition) is 1. The third-order valence-corrected chi connectivity index (χ3v) is 5.57. The lowest BCUT2D eigenvalue weighted by molar-refractivity contribution is -0.121. The molecule has 2 aromatic rings. The third-order valence-electron chi connectivity index (χ3n) is 5.57. The largest absolute Gasteiger partial charge is 0.353 e. The van der Waals surface area contributed by atoms with Gasteiger partial charge in [0.15, 0.2) is 0 Å². The molecule has 1 aliphatic carbocycles. The molecule has 1 N–H and O–H groups in total. The molecule has 0 unspecified atom stereocenters. The highest BCUT2D eigenvalue weighted by Crippen LogP contribution is 2.26. The zero-order valence-corrected chi connectivity index (χ0v) is 15.6. The van der Waals surface area contributed by atoms with Crippen molar-refractivity contribution in [1.29, 1.82) is 0 Å². The van der Waals surface area contributed by atoms with Crippen LogP contribution in [0.15, 0.2) is 30.3 Å². The summed E-state index contributed by atoms with van der Waals surface area (Å²) >= 11 is 0. The molecule has 1 amide bonds. The molecule has 1 aromatic heterocycles. The van der Waals surface area contributed by atoms with Gasteiger partial charge in [0, 0.05) is 17.3 Å². The van der Waals surface area contributed by atoms with Crippen LogP contribution in [0.1, 0.15) is 56.0 Å². The molecule has 0 radical (unpaired) electrons. The molecule has 1 fully saturated rings. The van der Waals surface area contributed by atoms with Crippen LogP contribution in [0.25, 0.3) is 5.69 Å². The Bertz CT molecular complexity index is 712. The number of nitrogens with zero attached hydrogens (tertiary/aromatic N) is 2. The quantitative estimate of drug-likeness (QED) is 0.891. The van der Waals surface area contributed by atoms with Gasteiger partial charge in [-0.3, -0.25) is 4.79 Å². The van der Waals surface area contributed by atoms with Crippen LogP contribution in [0.4, 0.5) is 0 Å². The molecule has 4 nitrogen and oxygen atoms in total. The molecule has 0 spiro atoms. The first kappa shape index (κ1) is 17.7. The van der Waals surface area contributed by atoms with Gasteiger partial charge >= 0.3 is 0 Å². The lowest BCUT2D eigenvalue weighted by atomic mass is 9.84. The molecule has 134 valence electrons. The minimum absolute atomic E-state index is 0.124. The van der Waals surface area contributed by atoms with E-state index in [4.69, 9.17) is 0 Å². The molecule has 0 saturated heterocycles. The van der Waals surface area contributed by atoms with Gasteiger partial charge < -0.3 is 5.32 Å². The maximum Gasteiger partial charge on any atom is 0.224 e. The molecule has 0 bridgehead atoms. The molecular weight excluding hydrogens is 310 g/mol. The number of para-hydroxylation sites is 1. The smallest absolute Gasteiger partial charge is 0.224 e. The van der Waals surface area contributed by atoms with E-state index >= 15 is 0 Å². The number of nitrogens with one attached hydrogen (secondary N) is 1. The van der Waals surface area contributed by atoms with Crippen molar-refractivity contribution in [3.8, 4) is 5.69 Å². The zero-order valence-electron chi connectivity index (χ0n) is 15.6. The Labute approximate surface area is 150 Å². The van der Waals surface area contributed by atoms with Gasteiger partial charge in [0.05, 0.1) is 17.8 Å². The Kier molecular flexibility index (Phi) is 5.57. The van der Waals surface area contributed by atoms with E-state index in [1.165, 1.54) is 19.3 Å². The monoisotopic (exact) mass is 339 g/mol. The second kappa shape index (κ2) is 7.85. The molecule has 25 heavy (non-hydrogen) atoms. The van der Waals surface area contributed by atoms with Gasteiger partial charge in [-0.2, -0.15) is 5.10 Å². The Morgan fingerprint density at radius 2 is 1.84 bits per heavy atom. The van der Waals surface area contributed by atoms with E-state index in [0.717, 1.165) is 41.4 Å². The van der Waals surface area contributed by atoms with Crippen molar-refractivity contribution in [1.82, 2.24) is 15.1 Å². The predicted molar refractivity (Wildman–Crippen MR) is 101 cm³/mol. The lowest BCUT2D eigenvalue weighted by Gasteiger charge is -2.28. The van der Waals surface area contributed by atoms with Crippen LogP contribution in [-0.4, -0.2) is 21.7 Å². The first-order valence-corrected chi connectivity index (χ1v) is 9.48. The molecule has 1 aliphatic rings. The molecule has 1 saturated carbocycles. The van der Waals surface area contributed by atoms with Crippen LogP contribution in [0.5, 0.6) is 0 Å². The molecular formula is C21H29N3O. The van der Waals surface area contributed by atoms with Crippen LogP contribution >= 0.6 is 0 Å². The van der Waals surface area contributed by atoms with E-state index in [9.17, 15) is 4.79 Å². The minimum atomic E-state index is 0.124. The zero-order chi connectivity index (χ0) is 17.8. The van der Waals surface area contributed by atoms with Crippen LogP contribution in [0, 0.1) is 19.8 Å². The first-order chi connectivity index (χ1) is 12.1. The Balaban J connectivity index is 1.65. The van der Waals surface area contributed by atoms with E-state index in [0.29, 0.717) is 12.5 Å². The van der Waals surface area contributed by atoms with Gasteiger partial charge in [-0.25, -0.2) is 4.68 Å². The van der Waals surface area contributed by atoms with Crippen molar-refractivity contribution in [2.75, 3.05) is 0 Å². The van der Waals surface area contributed by atoms with Crippen molar-refractivity contribution >= 4 is 5.91 Å². The predicted octanol–water partition coefficient (Wildman–Crippen LogP) is 4.12. The summed E-state index contributed by atoms with van der Waals surface area (Å²) in [6.45, 7) is 6.29. The number of aromatic nitrogens is 2. The fourth-order valence-electron chi connectivity index (χ4n) is 3.91. The Morgan fingerprint density at radius 1 is 1.16 bits per heavy atom. The summed E-state index contributed by atoms with van der Waals surface area (Å²) in [6.07, 6.45) is 6.39. The normalized spacial score (nSPS) is 20.4. The molecule has 0 atom stereocenters.